The molecule has 0 saturated heterocycles. The minimum absolute atomic E-state index is 0.258. The number of hydrogen-bond donors (Lipinski definition) is 2. The van der Waals surface area contributed by atoms with Crippen LogP contribution in [0.15, 0.2) is 70.8 Å². The van der Waals surface area contributed by atoms with E-state index in [1.54, 1.807) is 6.21 Å². The van der Waals surface area contributed by atoms with Crippen molar-refractivity contribution >= 4 is 17.9 Å². The number of para-hydroxylation sites is 1. The summed E-state index contributed by atoms with van der Waals surface area (Å²) in [6, 6.07) is 19.2. The number of hydrogen-bond acceptors (Lipinski definition) is 2. The number of hydrazone groups is 1. The molecule has 0 saturated carbocycles. The third-order valence-corrected chi connectivity index (χ3v) is 2.20. The van der Waals surface area contributed by atoms with Crippen molar-refractivity contribution < 1.29 is 0 Å². The molecule has 4 nitrogen and oxygen atoms in total. The minimum Gasteiger partial charge on any atom is -0.368 e. The van der Waals surface area contributed by atoms with Crippen molar-refractivity contribution in [2.75, 3.05) is 0 Å². The van der Waals surface area contributed by atoms with Gasteiger partial charge in [-0.1, -0.05) is 48.5 Å². The average Bonchev–Trinajstić information content (AvgIpc) is 2.41. The summed E-state index contributed by atoms with van der Waals surface area (Å²) in [4.78, 5) is 4.16. The predicted molar refractivity (Wildman–Crippen MR) is 74.9 cm³/mol. The van der Waals surface area contributed by atoms with Gasteiger partial charge in [-0.2, -0.15) is 5.10 Å². The SMILES string of the molecule is NC(=Nc1ccccc1)N/N=C/c1ccccc1. The van der Waals surface area contributed by atoms with Crippen LogP contribution < -0.4 is 11.2 Å². The fraction of sp³-hybridized carbons (Fsp3) is 0. The molecule has 0 aliphatic carbocycles. The van der Waals surface area contributed by atoms with Crippen molar-refractivity contribution in [3.8, 4) is 0 Å². The second kappa shape index (κ2) is 6.20. The summed E-state index contributed by atoms with van der Waals surface area (Å²) in [5.74, 6) is 0.258. The topological polar surface area (TPSA) is 62.8 Å². The van der Waals surface area contributed by atoms with Gasteiger partial charge in [0.15, 0.2) is 0 Å². The van der Waals surface area contributed by atoms with E-state index in [0.717, 1.165) is 11.3 Å². The van der Waals surface area contributed by atoms with Crippen LogP contribution in [0.3, 0.4) is 0 Å². The van der Waals surface area contributed by atoms with Crippen LogP contribution in [0.5, 0.6) is 0 Å². The Balaban J connectivity index is 1.94. The maximum Gasteiger partial charge on any atom is 0.214 e. The third kappa shape index (κ3) is 3.75. The van der Waals surface area contributed by atoms with Crippen molar-refractivity contribution in [3.05, 3.63) is 66.2 Å². The Bertz CT molecular complexity index is 532. The van der Waals surface area contributed by atoms with Crippen molar-refractivity contribution in [1.82, 2.24) is 5.43 Å². The van der Waals surface area contributed by atoms with Gasteiger partial charge in [0.05, 0.1) is 11.9 Å². The summed E-state index contributed by atoms with van der Waals surface area (Å²) in [5, 5.41) is 4.01. The zero-order valence-corrected chi connectivity index (χ0v) is 9.82. The highest BCUT2D eigenvalue weighted by atomic mass is 15.3. The summed E-state index contributed by atoms with van der Waals surface area (Å²) in [6.07, 6.45) is 1.69. The van der Waals surface area contributed by atoms with Gasteiger partial charge >= 0.3 is 0 Å². The number of rotatable bonds is 3. The zero-order valence-electron chi connectivity index (χ0n) is 9.82. The van der Waals surface area contributed by atoms with E-state index in [2.05, 4.69) is 15.5 Å². The molecule has 2 aromatic carbocycles. The maximum absolute atomic E-state index is 5.70. The molecule has 2 rings (SSSR count). The molecule has 0 aromatic heterocycles. The first-order chi connectivity index (χ1) is 8.84. The Morgan fingerprint density at radius 2 is 1.56 bits per heavy atom. The van der Waals surface area contributed by atoms with Crippen LogP contribution in [0.25, 0.3) is 0 Å². The molecule has 0 radical (unpaired) electrons. The van der Waals surface area contributed by atoms with E-state index in [1.807, 2.05) is 60.7 Å². The Hall–Kier alpha value is -2.62. The molecule has 3 N–H and O–H groups in total. The van der Waals surface area contributed by atoms with Gasteiger partial charge in [-0.25, -0.2) is 10.4 Å². The van der Waals surface area contributed by atoms with Gasteiger partial charge in [0.2, 0.25) is 5.96 Å². The van der Waals surface area contributed by atoms with Crippen LogP contribution in [0.4, 0.5) is 5.69 Å². The first kappa shape index (κ1) is 11.9. The molecule has 4 heteroatoms. The number of nitrogens with zero attached hydrogens (tertiary/aromatic N) is 2. The highest BCUT2D eigenvalue weighted by Gasteiger charge is 1.90. The van der Waals surface area contributed by atoms with Crippen LogP contribution >= 0.6 is 0 Å². The van der Waals surface area contributed by atoms with Gasteiger partial charge in [-0.3, -0.25) is 0 Å². The number of benzene rings is 2. The van der Waals surface area contributed by atoms with Crippen LogP contribution in [-0.2, 0) is 0 Å². The molecule has 0 atom stereocenters. The quantitative estimate of drug-likeness (QED) is 0.489. The van der Waals surface area contributed by atoms with Crippen LogP contribution in [0, 0.1) is 0 Å². The van der Waals surface area contributed by atoms with E-state index >= 15 is 0 Å². The molecule has 90 valence electrons. The number of aliphatic imine (C=N–C) groups is 1. The Kier molecular flexibility index (Phi) is 4.08. The summed E-state index contributed by atoms with van der Waals surface area (Å²) >= 11 is 0. The molecule has 2 aromatic rings. The molecule has 18 heavy (non-hydrogen) atoms. The smallest absolute Gasteiger partial charge is 0.214 e. The fourth-order valence-electron chi connectivity index (χ4n) is 1.38. The average molecular weight is 238 g/mol. The van der Waals surface area contributed by atoms with Crippen molar-refractivity contribution in [1.29, 1.82) is 0 Å². The Labute approximate surface area is 106 Å². The van der Waals surface area contributed by atoms with Gasteiger partial charge in [0, 0.05) is 0 Å². The molecule has 0 aliphatic rings. The second-order valence-corrected chi connectivity index (χ2v) is 3.61. The molecular formula is C14H14N4. The van der Waals surface area contributed by atoms with Gasteiger partial charge in [-0.15, -0.1) is 0 Å². The highest BCUT2D eigenvalue weighted by Crippen LogP contribution is 2.08. The van der Waals surface area contributed by atoms with E-state index in [-0.39, 0.29) is 5.96 Å². The predicted octanol–water partition coefficient (Wildman–Crippen LogP) is 2.26. The van der Waals surface area contributed by atoms with E-state index in [4.69, 9.17) is 5.73 Å². The van der Waals surface area contributed by atoms with E-state index in [9.17, 15) is 0 Å². The molecule has 0 unspecified atom stereocenters. The largest absolute Gasteiger partial charge is 0.368 e. The van der Waals surface area contributed by atoms with Gasteiger partial charge in [0.25, 0.3) is 0 Å². The molecule has 0 spiro atoms. The maximum atomic E-state index is 5.70. The minimum atomic E-state index is 0.258. The van der Waals surface area contributed by atoms with Crippen molar-refractivity contribution in [2.24, 2.45) is 15.8 Å². The van der Waals surface area contributed by atoms with Crippen LogP contribution in [0.1, 0.15) is 5.56 Å². The fourth-order valence-corrected chi connectivity index (χ4v) is 1.38. The van der Waals surface area contributed by atoms with E-state index < -0.39 is 0 Å². The zero-order chi connectivity index (χ0) is 12.6. The van der Waals surface area contributed by atoms with Gasteiger partial charge in [0.1, 0.15) is 0 Å². The summed E-state index contributed by atoms with van der Waals surface area (Å²) < 4.78 is 0. The first-order valence-corrected chi connectivity index (χ1v) is 5.58. The molecule has 0 fully saturated rings. The van der Waals surface area contributed by atoms with Crippen LogP contribution in [0.2, 0.25) is 0 Å². The molecular weight excluding hydrogens is 224 g/mol. The summed E-state index contributed by atoms with van der Waals surface area (Å²) in [7, 11) is 0. The monoisotopic (exact) mass is 238 g/mol. The highest BCUT2D eigenvalue weighted by molar-refractivity contribution is 5.84. The van der Waals surface area contributed by atoms with Crippen molar-refractivity contribution in [2.45, 2.75) is 0 Å². The molecule has 0 amide bonds. The molecule has 0 heterocycles. The van der Waals surface area contributed by atoms with E-state index in [1.165, 1.54) is 0 Å². The van der Waals surface area contributed by atoms with Gasteiger partial charge < -0.3 is 5.73 Å². The Morgan fingerprint density at radius 3 is 2.22 bits per heavy atom. The number of nitrogens with two attached hydrogens (primary N) is 1. The molecule has 0 aliphatic heterocycles. The van der Waals surface area contributed by atoms with Crippen LogP contribution in [-0.4, -0.2) is 12.2 Å². The number of nitrogens with one attached hydrogen (secondary N) is 1. The number of guanidine groups is 1. The Morgan fingerprint density at radius 1 is 0.944 bits per heavy atom. The lowest BCUT2D eigenvalue weighted by atomic mass is 10.2. The summed E-state index contributed by atoms with van der Waals surface area (Å²) in [6.45, 7) is 0. The van der Waals surface area contributed by atoms with Gasteiger partial charge in [-0.05, 0) is 17.7 Å². The second-order valence-electron chi connectivity index (χ2n) is 3.61. The third-order valence-electron chi connectivity index (χ3n) is 2.20. The normalized spacial score (nSPS) is 11.7. The molecule has 0 bridgehead atoms. The lowest BCUT2D eigenvalue weighted by Gasteiger charge is -1.99. The standard InChI is InChI=1S/C14H14N4/c15-14(17-13-9-5-2-6-10-13)18-16-11-12-7-3-1-4-8-12/h1-11H,(H3,15,17,18)/b16-11+. The first-order valence-electron chi connectivity index (χ1n) is 5.58. The summed E-state index contributed by atoms with van der Waals surface area (Å²) in [5.41, 5.74) is 10.2. The van der Waals surface area contributed by atoms with E-state index in [0.29, 0.717) is 0 Å². The van der Waals surface area contributed by atoms with Crippen molar-refractivity contribution in [3.63, 3.8) is 0 Å². The lowest BCUT2D eigenvalue weighted by molar-refractivity contribution is 1.01. The lowest BCUT2D eigenvalue weighted by Crippen LogP contribution is -2.26.